The van der Waals surface area contributed by atoms with E-state index in [-0.39, 0.29) is 5.91 Å². The van der Waals surface area contributed by atoms with Crippen LogP contribution in [0.25, 0.3) is 5.69 Å². The predicted molar refractivity (Wildman–Crippen MR) is 123 cm³/mol. The van der Waals surface area contributed by atoms with Gasteiger partial charge in [-0.05, 0) is 57.2 Å². The average molecular weight is 437 g/mol. The molecule has 0 bridgehead atoms. The van der Waals surface area contributed by atoms with Gasteiger partial charge in [-0.25, -0.2) is 4.68 Å². The Morgan fingerprint density at radius 1 is 1.03 bits per heavy atom. The molecule has 3 aromatic rings. The van der Waals surface area contributed by atoms with E-state index in [1.165, 1.54) is 6.20 Å². The van der Waals surface area contributed by atoms with E-state index in [0.29, 0.717) is 36.0 Å². The summed E-state index contributed by atoms with van der Waals surface area (Å²) in [5.74, 6) is 0.941. The molecule has 0 aliphatic rings. The zero-order valence-corrected chi connectivity index (χ0v) is 18.7. The van der Waals surface area contributed by atoms with E-state index in [1.54, 1.807) is 47.9 Å². The van der Waals surface area contributed by atoms with Crippen molar-refractivity contribution in [3.05, 3.63) is 66.4 Å². The molecule has 3 rings (SSSR count). The number of hydrogen-bond acceptors (Lipinski definition) is 5. The minimum absolute atomic E-state index is 0.198. The second-order valence-electron chi connectivity index (χ2n) is 7.06. The first-order valence-electron chi connectivity index (χ1n) is 10.5. The van der Waals surface area contributed by atoms with Crippen molar-refractivity contribution in [2.24, 2.45) is 0 Å². The number of ether oxygens (including phenoxy) is 2. The number of nitrogens with zero attached hydrogens (tertiary/aromatic N) is 3. The first-order chi connectivity index (χ1) is 15.5. The maximum absolute atomic E-state index is 13.1. The molecule has 0 radical (unpaired) electrons. The Morgan fingerprint density at radius 3 is 2.25 bits per heavy atom. The fourth-order valence-corrected chi connectivity index (χ4v) is 3.20. The molecule has 0 saturated carbocycles. The average Bonchev–Trinajstić information content (AvgIpc) is 3.24. The summed E-state index contributed by atoms with van der Waals surface area (Å²) in [5, 5.41) is 7.22. The maximum Gasteiger partial charge on any atom is 0.266 e. The SMILES string of the molecule is CCN(CC)C(=O)c1cnn(-c2ccccc2)c1NC(=O)C(C)Oc1ccc(OC)cc1. The van der Waals surface area contributed by atoms with Crippen molar-refractivity contribution in [3.63, 3.8) is 0 Å². The summed E-state index contributed by atoms with van der Waals surface area (Å²) in [5.41, 5.74) is 1.05. The van der Waals surface area contributed by atoms with E-state index in [1.807, 2.05) is 44.2 Å². The molecule has 1 heterocycles. The molecular formula is C24H28N4O4. The summed E-state index contributed by atoms with van der Waals surface area (Å²) < 4.78 is 12.5. The smallest absolute Gasteiger partial charge is 0.266 e. The lowest BCUT2D eigenvalue weighted by molar-refractivity contribution is -0.122. The molecule has 1 atom stereocenters. The van der Waals surface area contributed by atoms with Gasteiger partial charge in [-0.2, -0.15) is 5.10 Å². The van der Waals surface area contributed by atoms with Crippen LogP contribution in [0.4, 0.5) is 5.82 Å². The van der Waals surface area contributed by atoms with Crippen LogP contribution in [0.15, 0.2) is 60.8 Å². The quantitative estimate of drug-likeness (QED) is 0.552. The first kappa shape index (κ1) is 22.9. The van der Waals surface area contributed by atoms with Crippen LogP contribution in [-0.2, 0) is 4.79 Å². The Kier molecular flexibility index (Phi) is 7.49. The molecule has 0 saturated heterocycles. The Bertz CT molecular complexity index is 1040. The van der Waals surface area contributed by atoms with E-state index >= 15 is 0 Å². The number of anilines is 1. The van der Waals surface area contributed by atoms with Crippen molar-refractivity contribution in [1.29, 1.82) is 0 Å². The highest BCUT2D eigenvalue weighted by molar-refractivity contribution is 6.04. The van der Waals surface area contributed by atoms with Gasteiger partial charge in [0.15, 0.2) is 6.10 Å². The standard InChI is InChI=1S/C24H28N4O4/c1-5-27(6-2)24(30)21-16-25-28(18-10-8-7-9-11-18)22(21)26-23(29)17(3)32-20-14-12-19(31-4)13-15-20/h7-17H,5-6H2,1-4H3,(H,26,29). The lowest BCUT2D eigenvalue weighted by atomic mass is 10.2. The molecule has 32 heavy (non-hydrogen) atoms. The molecule has 168 valence electrons. The third-order valence-corrected chi connectivity index (χ3v) is 5.03. The molecule has 0 spiro atoms. The highest BCUT2D eigenvalue weighted by Crippen LogP contribution is 2.23. The van der Waals surface area contributed by atoms with E-state index in [4.69, 9.17) is 9.47 Å². The van der Waals surface area contributed by atoms with Crippen LogP contribution in [0, 0.1) is 0 Å². The second kappa shape index (κ2) is 10.5. The highest BCUT2D eigenvalue weighted by atomic mass is 16.5. The van der Waals surface area contributed by atoms with Gasteiger partial charge in [0.25, 0.3) is 11.8 Å². The number of rotatable bonds is 9. The van der Waals surface area contributed by atoms with Crippen molar-refractivity contribution >= 4 is 17.6 Å². The highest BCUT2D eigenvalue weighted by Gasteiger charge is 2.25. The Labute approximate surface area is 187 Å². The molecule has 2 aromatic carbocycles. The van der Waals surface area contributed by atoms with E-state index < -0.39 is 12.0 Å². The number of carbonyl (C=O) groups excluding carboxylic acids is 2. The molecule has 8 nitrogen and oxygen atoms in total. The topological polar surface area (TPSA) is 85.7 Å². The largest absolute Gasteiger partial charge is 0.497 e. The lowest BCUT2D eigenvalue weighted by Gasteiger charge is -2.20. The van der Waals surface area contributed by atoms with Gasteiger partial charge < -0.3 is 19.7 Å². The number of carbonyl (C=O) groups is 2. The minimum atomic E-state index is -0.807. The van der Waals surface area contributed by atoms with Crippen molar-refractivity contribution in [2.75, 3.05) is 25.5 Å². The van der Waals surface area contributed by atoms with Gasteiger partial charge in [0, 0.05) is 13.1 Å². The summed E-state index contributed by atoms with van der Waals surface area (Å²) in [4.78, 5) is 27.7. The van der Waals surface area contributed by atoms with E-state index in [2.05, 4.69) is 10.4 Å². The number of nitrogens with one attached hydrogen (secondary N) is 1. The molecule has 0 fully saturated rings. The van der Waals surface area contributed by atoms with E-state index in [9.17, 15) is 9.59 Å². The van der Waals surface area contributed by atoms with Crippen LogP contribution in [-0.4, -0.2) is 52.8 Å². The normalized spacial score (nSPS) is 11.5. The molecular weight excluding hydrogens is 408 g/mol. The van der Waals surface area contributed by atoms with Crippen LogP contribution in [0.5, 0.6) is 11.5 Å². The first-order valence-corrected chi connectivity index (χ1v) is 10.5. The van der Waals surface area contributed by atoms with Crippen LogP contribution in [0.1, 0.15) is 31.1 Å². The number of hydrogen-bond donors (Lipinski definition) is 1. The molecule has 2 amide bonds. The number of aromatic nitrogens is 2. The fourth-order valence-electron chi connectivity index (χ4n) is 3.20. The van der Waals surface area contributed by atoms with Crippen LogP contribution in [0.3, 0.4) is 0 Å². The van der Waals surface area contributed by atoms with Crippen molar-refractivity contribution in [1.82, 2.24) is 14.7 Å². The van der Waals surface area contributed by atoms with Crippen molar-refractivity contribution in [3.8, 4) is 17.2 Å². The molecule has 0 aliphatic heterocycles. The van der Waals surface area contributed by atoms with Crippen molar-refractivity contribution < 1.29 is 19.1 Å². The number of para-hydroxylation sites is 1. The van der Waals surface area contributed by atoms with Crippen LogP contribution >= 0.6 is 0 Å². The monoisotopic (exact) mass is 436 g/mol. The van der Waals surface area contributed by atoms with Gasteiger partial charge in [-0.3, -0.25) is 9.59 Å². The van der Waals surface area contributed by atoms with Gasteiger partial charge in [0.1, 0.15) is 22.9 Å². The van der Waals surface area contributed by atoms with E-state index in [0.717, 1.165) is 5.69 Å². The second-order valence-corrected chi connectivity index (χ2v) is 7.06. The summed E-state index contributed by atoms with van der Waals surface area (Å²) in [6.07, 6.45) is 0.678. The van der Waals surface area contributed by atoms with Crippen molar-refractivity contribution in [2.45, 2.75) is 26.9 Å². The zero-order chi connectivity index (χ0) is 23.1. The molecule has 1 unspecified atom stereocenters. The number of methoxy groups -OCH3 is 1. The number of benzene rings is 2. The molecule has 1 aromatic heterocycles. The summed E-state index contributed by atoms with van der Waals surface area (Å²) in [6, 6.07) is 16.3. The summed E-state index contributed by atoms with van der Waals surface area (Å²) in [7, 11) is 1.58. The predicted octanol–water partition coefficient (Wildman–Crippen LogP) is 3.77. The molecule has 0 aliphatic carbocycles. The summed E-state index contributed by atoms with van der Waals surface area (Å²) in [6.45, 7) is 6.57. The Hall–Kier alpha value is -3.81. The Balaban J connectivity index is 1.87. The van der Waals surface area contributed by atoms with Gasteiger partial charge in [-0.1, -0.05) is 18.2 Å². The fraction of sp³-hybridized carbons (Fsp3) is 0.292. The number of amides is 2. The third kappa shape index (κ3) is 5.08. The summed E-state index contributed by atoms with van der Waals surface area (Å²) >= 11 is 0. The lowest BCUT2D eigenvalue weighted by Crippen LogP contribution is -2.34. The minimum Gasteiger partial charge on any atom is -0.497 e. The van der Waals surface area contributed by atoms with Gasteiger partial charge in [-0.15, -0.1) is 0 Å². The van der Waals surface area contributed by atoms with Gasteiger partial charge >= 0.3 is 0 Å². The third-order valence-electron chi connectivity index (χ3n) is 5.03. The molecule has 1 N–H and O–H groups in total. The zero-order valence-electron chi connectivity index (χ0n) is 18.7. The Morgan fingerprint density at radius 2 is 1.66 bits per heavy atom. The van der Waals surface area contributed by atoms with Crippen LogP contribution < -0.4 is 14.8 Å². The van der Waals surface area contributed by atoms with Gasteiger partial charge in [0.05, 0.1) is 19.0 Å². The maximum atomic E-state index is 13.1. The van der Waals surface area contributed by atoms with Crippen LogP contribution in [0.2, 0.25) is 0 Å². The molecule has 8 heteroatoms. The van der Waals surface area contributed by atoms with Gasteiger partial charge in [0.2, 0.25) is 0 Å².